The molecule has 1 heterocycles. The average molecular weight is 445 g/mol. The zero-order chi connectivity index (χ0) is 21.7. The van der Waals surface area contributed by atoms with E-state index in [0.29, 0.717) is 16.5 Å². The molecule has 1 saturated heterocycles. The number of rotatable bonds is 8. The molecule has 1 unspecified atom stereocenters. The van der Waals surface area contributed by atoms with Gasteiger partial charge in [-0.3, -0.25) is 4.79 Å². The number of carbonyl (C=O) groups is 1. The zero-order valence-electron chi connectivity index (χ0n) is 17.7. The molecule has 3 rings (SSSR count). The minimum atomic E-state index is -0.0825. The van der Waals surface area contributed by atoms with Crippen molar-refractivity contribution in [2.24, 2.45) is 5.92 Å². The number of allylic oxidation sites excluding steroid dienone is 1. The summed E-state index contributed by atoms with van der Waals surface area (Å²) < 4.78 is 0. The summed E-state index contributed by atoms with van der Waals surface area (Å²) in [6.07, 6.45) is 4.18. The molecule has 0 bridgehead atoms. The lowest BCUT2D eigenvalue weighted by molar-refractivity contribution is -0.146. The van der Waals surface area contributed by atoms with Crippen molar-refractivity contribution >= 4 is 29.1 Å². The van der Waals surface area contributed by atoms with Gasteiger partial charge in [0.2, 0.25) is 5.91 Å². The van der Waals surface area contributed by atoms with E-state index in [1.807, 2.05) is 55.6 Å². The van der Waals surface area contributed by atoms with Crippen LogP contribution >= 0.6 is 23.2 Å². The molecule has 0 radical (unpaired) electrons. The fourth-order valence-electron chi connectivity index (χ4n) is 4.67. The van der Waals surface area contributed by atoms with E-state index in [0.717, 1.165) is 30.5 Å². The monoisotopic (exact) mass is 444 g/mol. The molecule has 0 spiro atoms. The van der Waals surface area contributed by atoms with E-state index in [9.17, 15) is 4.79 Å². The van der Waals surface area contributed by atoms with Gasteiger partial charge < -0.3 is 10.2 Å². The van der Waals surface area contributed by atoms with Gasteiger partial charge in [0.25, 0.3) is 0 Å². The first-order valence-corrected chi connectivity index (χ1v) is 11.3. The first-order valence-electron chi connectivity index (χ1n) is 10.6. The molecule has 2 aromatic rings. The highest BCUT2D eigenvalue weighted by molar-refractivity contribution is 6.30. The Balaban J connectivity index is 2.16. The molecule has 160 valence electrons. The van der Waals surface area contributed by atoms with Crippen LogP contribution in [0.25, 0.3) is 0 Å². The highest BCUT2D eigenvalue weighted by atomic mass is 35.5. The highest BCUT2D eigenvalue weighted by Crippen LogP contribution is 2.47. The summed E-state index contributed by atoms with van der Waals surface area (Å²) in [5.41, 5.74) is 2.26. The molecule has 1 aliphatic heterocycles. The summed E-state index contributed by atoms with van der Waals surface area (Å²) >= 11 is 12.5. The molecule has 1 aliphatic rings. The van der Waals surface area contributed by atoms with E-state index >= 15 is 0 Å². The second kappa shape index (κ2) is 10.5. The van der Waals surface area contributed by atoms with E-state index in [4.69, 9.17) is 23.2 Å². The van der Waals surface area contributed by atoms with Crippen LogP contribution < -0.4 is 5.32 Å². The Morgan fingerprint density at radius 3 is 2.50 bits per heavy atom. The summed E-state index contributed by atoms with van der Waals surface area (Å²) in [6.45, 7) is 6.78. The number of nitrogens with one attached hydrogen (secondary N) is 1. The predicted molar refractivity (Wildman–Crippen MR) is 126 cm³/mol. The van der Waals surface area contributed by atoms with E-state index < -0.39 is 0 Å². The quantitative estimate of drug-likeness (QED) is 0.488. The minimum Gasteiger partial charge on any atom is -0.331 e. The maximum absolute atomic E-state index is 13.7. The van der Waals surface area contributed by atoms with E-state index in [1.165, 1.54) is 0 Å². The molecular formula is C25H30Cl2N2O. The summed E-state index contributed by atoms with van der Waals surface area (Å²) in [6, 6.07) is 16.0. The SMILES string of the molecule is C=CC[C@@H]1C[C@H](c2cccc(Cl)c2)[C@@H](c2ccc(Cl)cc2)N(C(CC)CNC)C1=O. The van der Waals surface area contributed by atoms with Crippen molar-refractivity contribution in [3.05, 3.63) is 82.4 Å². The standard InChI is InChI=1S/C25H30Cl2N2O/c1-4-7-19-15-23(18-8-6-9-21(27)14-18)24(17-10-12-20(26)13-11-17)29(25(19)30)22(5-2)16-28-3/h4,6,8-14,19,22-24,28H,1,5,7,15-16H2,2-3H3/t19-,22?,23-,24-/m1/s1. The average Bonchev–Trinajstić information content (AvgIpc) is 2.74. The largest absolute Gasteiger partial charge is 0.331 e. The van der Waals surface area contributed by atoms with Crippen LogP contribution in [-0.2, 0) is 4.79 Å². The summed E-state index contributed by atoms with van der Waals surface area (Å²) in [5.74, 6) is 0.259. The van der Waals surface area contributed by atoms with Crippen LogP contribution in [0.15, 0.2) is 61.2 Å². The van der Waals surface area contributed by atoms with E-state index in [2.05, 4.69) is 29.8 Å². The van der Waals surface area contributed by atoms with Gasteiger partial charge in [-0.15, -0.1) is 6.58 Å². The predicted octanol–water partition coefficient (Wildman–Crippen LogP) is 6.24. The molecule has 0 aromatic heterocycles. The summed E-state index contributed by atoms with van der Waals surface area (Å²) in [7, 11) is 1.93. The van der Waals surface area contributed by atoms with Gasteiger partial charge in [-0.25, -0.2) is 0 Å². The Morgan fingerprint density at radius 2 is 1.90 bits per heavy atom. The van der Waals surface area contributed by atoms with Gasteiger partial charge in [0.05, 0.1) is 6.04 Å². The number of hydrogen-bond donors (Lipinski definition) is 1. The fourth-order valence-corrected chi connectivity index (χ4v) is 4.99. The number of likely N-dealkylation sites (tertiary alicyclic amines) is 1. The van der Waals surface area contributed by atoms with Crippen molar-refractivity contribution in [1.82, 2.24) is 10.2 Å². The third-order valence-corrected chi connectivity index (χ3v) is 6.55. The van der Waals surface area contributed by atoms with Crippen LogP contribution in [-0.4, -0.2) is 30.4 Å². The molecule has 1 N–H and O–H groups in total. The van der Waals surface area contributed by atoms with Crippen LogP contribution in [0.2, 0.25) is 10.0 Å². The van der Waals surface area contributed by atoms with Crippen molar-refractivity contribution in [1.29, 1.82) is 0 Å². The molecule has 0 aliphatic carbocycles. The highest BCUT2D eigenvalue weighted by Gasteiger charge is 2.44. The summed E-state index contributed by atoms with van der Waals surface area (Å²) in [5, 5.41) is 4.68. The van der Waals surface area contributed by atoms with Crippen LogP contribution in [0.5, 0.6) is 0 Å². The Hall–Kier alpha value is -1.81. The molecule has 1 amide bonds. The lowest BCUT2D eigenvalue weighted by Crippen LogP contribution is -2.53. The number of piperidine rings is 1. The molecule has 3 nitrogen and oxygen atoms in total. The first kappa shape index (κ1) is 22.9. The van der Waals surface area contributed by atoms with Gasteiger partial charge in [0.15, 0.2) is 0 Å². The number of halogens is 2. The first-order chi connectivity index (χ1) is 14.5. The number of amides is 1. The topological polar surface area (TPSA) is 32.3 Å². The Kier molecular flexibility index (Phi) is 7.99. The lowest BCUT2D eigenvalue weighted by Gasteiger charge is -2.48. The lowest BCUT2D eigenvalue weighted by atomic mass is 9.74. The molecule has 30 heavy (non-hydrogen) atoms. The Morgan fingerprint density at radius 1 is 1.17 bits per heavy atom. The van der Waals surface area contributed by atoms with Crippen LogP contribution in [0, 0.1) is 5.92 Å². The third kappa shape index (κ3) is 4.91. The number of likely N-dealkylation sites (N-methyl/N-ethyl adjacent to an activating group) is 1. The van der Waals surface area contributed by atoms with Gasteiger partial charge in [-0.2, -0.15) is 0 Å². The minimum absolute atomic E-state index is 0.0763. The molecule has 4 atom stereocenters. The van der Waals surface area contributed by atoms with Crippen LogP contribution in [0.1, 0.15) is 49.3 Å². The van der Waals surface area contributed by atoms with Crippen molar-refractivity contribution < 1.29 is 4.79 Å². The third-order valence-electron chi connectivity index (χ3n) is 6.07. The Labute approximate surface area is 190 Å². The fraction of sp³-hybridized carbons (Fsp3) is 0.400. The van der Waals surface area contributed by atoms with Crippen molar-refractivity contribution in [2.45, 2.75) is 44.2 Å². The smallest absolute Gasteiger partial charge is 0.226 e. The second-order valence-corrected chi connectivity index (χ2v) is 8.85. The van der Waals surface area contributed by atoms with Crippen LogP contribution in [0.4, 0.5) is 0 Å². The zero-order valence-corrected chi connectivity index (χ0v) is 19.2. The number of hydrogen-bond acceptors (Lipinski definition) is 2. The van der Waals surface area contributed by atoms with Gasteiger partial charge in [-0.1, -0.05) is 60.5 Å². The number of nitrogens with zero attached hydrogens (tertiary/aromatic N) is 1. The van der Waals surface area contributed by atoms with Gasteiger partial charge in [0.1, 0.15) is 0 Å². The molecule has 5 heteroatoms. The van der Waals surface area contributed by atoms with Gasteiger partial charge in [-0.05, 0) is 61.7 Å². The number of benzene rings is 2. The van der Waals surface area contributed by atoms with Gasteiger partial charge >= 0.3 is 0 Å². The van der Waals surface area contributed by atoms with Crippen LogP contribution in [0.3, 0.4) is 0 Å². The van der Waals surface area contributed by atoms with Crippen molar-refractivity contribution in [2.75, 3.05) is 13.6 Å². The van der Waals surface area contributed by atoms with Gasteiger partial charge in [0, 0.05) is 34.5 Å². The Bertz CT molecular complexity index is 868. The van der Waals surface area contributed by atoms with Crippen molar-refractivity contribution in [3.63, 3.8) is 0 Å². The molecule has 2 aromatic carbocycles. The van der Waals surface area contributed by atoms with E-state index in [-0.39, 0.29) is 29.8 Å². The maximum atomic E-state index is 13.7. The molecule has 0 saturated carbocycles. The second-order valence-electron chi connectivity index (χ2n) is 7.98. The van der Waals surface area contributed by atoms with Crippen molar-refractivity contribution in [3.8, 4) is 0 Å². The maximum Gasteiger partial charge on any atom is 0.226 e. The normalized spacial score (nSPS) is 22.7. The molecule has 1 fully saturated rings. The summed E-state index contributed by atoms with van der Waals surface area (Å²) in [4.78, 5) is 15.8. The number of carbonyl (C=O) groups excluding carboxylic acids is 1. The van der Waals surface area contributed by atoms with E-state index in [1.54, 1.807) is 0 Å². The molecular weight excluding hydrogens is 415 g/mol.